The van der Waals surface area contributed by atoms with E-state index in [2.05, 4.69) is 4.74 Å². The first kappa shape index (κ1) is 17.1. The van der Waals surface area contributed by atoms with Crippen molar-refractivity contribution in [3.63, 3.8) is 0 Å². The molecule has 0 amide bonds. The molecule has 0 N–H and O–H groups in total. The van der Waals surface area contributed by atoms with Crippen LogP contribution in [0, 0.1) is 23.3 Å². The lowest BCUT2D eigenvalue weighted by molar-refractivity contribution is -0.281. The van der Waals surface area contributed by atoms with Crippen molar-refractivity contribution in [1.82, 2.24) is 0 Å². The van der Waals surface area contributed by atoms with E-state index >= 15 is 0 Å². The second-order valence-corrected chi connectivity index (χ2v) is 3.61. The smallest absolute Gasteiger partial charge is 0.456 e. The van der Waals surface area contributed by atoms with E-state index in [-0.39, 0.29) is 6.07 Å². The van der Waals surface area contributed by atoms with Crippen molar-refractivity contribution in [1.29, 1.82) is 0 Å². The van der Waals surface area contributed by atoms with Crippen LogP contribution in [0.5, 0.6) is 0 Å². The fourth-order valence-electron chi connectivity index (χ4n) is 1.08. The second kappa shape index (κ2) is 5.45. The van der Waals surface area contributed by atoms with E-state index < -0.39 is 53.5 Å². The molecule has 0 saturated carbocycles. The lowest BCUT2D eigenvalue weighted by atomic mass is 10.2. The molecule has 11 heteroatoms. The van der Waals surface area contributed by atoms with Gasteiger partial charge in [0, 0.05) is 5.56 Å². The first-order valence-electron chi connectivity index (χ1n) is 4.83. The second-order valence-electron chi connectivity index (χ2n) is 3.61. The van der Waals surface area contributed by atoms with Crippen molar-refractivity contribution in [2.24, 2.45) is 0 Å². The fourth-order valence-corrected chi connectivity index (χ4v) is 1.08. The summed E-state index contributed by atoms with van der Waals surface area (Å²) in [6, 6.07) is -0.0489. The Morgan fingerprint density at radius 1 is 0.952 bits per heavy atom. The van der Waals surface area contributed by atoms with Crippen molar-refractivity contribution >= 4 is 5.97 Å². The molecule has 0 aromatic heterocycles. The zero-order valence-electron chi connectivity index (χ0n) is 9.50. The SMILES string of the molecule is O=C(OCc1cc(F)c(F)c(F)c1F)C(F)(F)C(F)(F)F. The van der Waals surface area contributed by atoms with Crippen LogP contribution in [0.2, 0.25) is 0 Å². The number of carbonyl (C=O) groups is 1. The number of ether oxygens (including phenoxy) is 1. The van der Waals surface area contributed by atoms with Crippen LogP contribution >= 0.6 is 0 Å². The van der Waals surface area contributed by atoms with E-state index in [4.69, 9.17) is 0 Å². The Kier molecular flexibility index (Phi) is 4.44. The van der Waals surface area contributed by atoms with E-state index in [1.807, 2.05) is 0 Å². The predicted molar refractivity (Wildman–Crippen MR) is 47.1 cm³/mol. The molecule has 0 aliphatic rings. The number of hydrogen-bond acceptors (Lipinski definition) is 2. The number of alkyl halides is 5. The Hall–Kier alpha value is -1.94. The summed E-state index contributed by atoms with van der Waals surface area (Å²) in [5.74, 6) is -17.6. The fraction of sp³-hybridized carbons (Fsp3) is 0.300. The monoisotopic (exact) mass is 326 g/mol. The molecule has 0 bridgehead atoms. The third kappa shape index (κ3) is 3.22. The van der Waals surface area contributed by atoms with Gasteiger partial charge in [-0.25, -0.2) is 22.4 Å². The molecule has 0 aliphatic carbocycles. The van der Waals surface area contributed by atoms with Crippen LogP contribution < -0.4 is 0 Å². The van der Waals surface area contributed by atoms with Crippen LogP contribution in [-0.2, 0) is 16.1 Å². The first-order chi connectivity index (χ1) is 9.39. The topological polar surface area (TPSA) is 26.3 Å². The van der Waals surface area contributed by atoms with Gasteiger partial charge < -0.3 is 4.74 Å². The van der Waals surface area contributed by atoms with Gasteiger partial charge in [0.15, 0.2) is 23.3 Å². The molecule has 118 valence electrons. The van der Waals surface area contributed by atoms with Crippen LogP contribution in [0.15, 0.2) is 6.07 Å². The maximum Gasteiger partial charge on any atom is 0.465 e. The molecule has 0 radical (unpaired) electrons. The summed E-state index contributed by atoms with van der Waals surface area (Å²) >= 11 is 0. The molecular weight excluding hydrogens is 323 g/mol. The highest BCUT2D eigenvalue weighted by Gasteiger charge is 2.64. The van der Waals surface area contributed by atoms with E-state index in [9.17, 15) is 44.3 Å². The molecule has 21 heavy (non-hydrogen) atoms. The maximum atomic E-state index is 13.0. The molecule has 0 atom stereocenters. The van der Waals surface area contributed by atoms with Gasteiger partial charge in [-0.3, -0.25) is 0 Å². The number of rotatable bonds is 3. The molecule has 0 spiro atoms. The average molecular weight is 326 g/mol. The Morgan fingerprint density at radius 3 is 1.95 bits per heavy atom. The van der Waals surface area contributed by atoms with Crippen molar-refractivity contribution in [2.45, 2.75) is 18.7 Å². The Balaban J connectivity index is 2.94. The Morgan fingerprint density at radius 2 is 1.48 bits per heavy atom. The van der Waals surface area contributed by atoms with Gasteiger partial charge in [-0.1, -0.05) is 0 Å². The minimum Gasteiger partial charge on any atom is -0.456 e. The van der Waals surface area contributed by atoms with E-state index in [0.29, 0.717) is 0 Å². The highest BCUT2D eigenvalue weighted by Crippen LogP contribution is 2.36. The quantitative estimate of drug-likeness (QED) is 0.368. The average Bonchev–Trinajstić information content (AvgIpc) is 2.37. The molecule has 1 aromatic carbocycles. The van der Waals surface area contributed by atoms with Crippen molar-refractivity contribution in [2.75, 3.05) is 0 Å². The molecule has 0 aliphatic heterocycles. The van der Waals surface area contributed by atoms with Crippen LogP contribution in [0.4, 0.5) is 39.5 Å². The van der Waals surface area contributed by atoms with Crippen LogP contribution in [-0.4, -0.2) is 18.1 Å². The highest BCUT2D eigenvalue weighted by atomic mass is 19.4. The summed E-state index contributed by atoms with van der Waals surface area (Å²) in [6.07, 6.45) is -6.26. The summed E-state index contributed by atoms with van der Waals surface area (Å²) in [5, 5.41) is 0. The summed E-state index contributed by atoms with van der Waals surface area (Å²) in [4.78, 5) is 10.6. The molecule has 0 fully saturated rings. The van der Waals surface area contributed by atoms with Crippen molar-refractivity contribution in [3.05, 3.63) is 34.9 Å². The van der Waals surface area contributed by atoms with Gasteiger partial charge in [0.1, 0.15) is 6.61 Å². The van der Waals surface area contributed by atoms with Gasteiger partial charge in [-0.2, -0.15) is 22.0 Å². The number of carbonyl (C=O) groups excluding carboxylic acids is 1. The molecule has 0 heterocycles. The number of esters is 1. The normalized spacial score (nSPS) is 12.4. The number of hydrogen-bond donors (Lipinski definition) is 0. The van der Waals surface area contributed by atoms with Gasteiger partial charge in [-0.05, 0) is 6.07 Å². The number of benzene rings is 1. The van der Waals surface area contributed by atoms with Crippen molar-refractivity contribution < 1.29 is 49.0 Å². The molecule has 0 unspecified atom stereocenters. The summed E-state index contributed by atoms with van der Waals surface area (Å²) in [6.45, 7) is -1.65. The van der Waals surface area contributed by atoms with Crippen LogP contribution in [0.25, 0.3) is 0 Å². The molecule has 2 nitrogen and oxygen atoms in total. The summed E-state index contributed by atoms with van der Waals surface area (Å²) in [7, 11) is 0. The number of halogens is 9. The molecule has 0 saturated heterocycles. The minimum absolute atomic E-state index is 0.0489. The molecular formula is C10H3F9O2. The molecule has 1 rings (SSSR count). The van der Waals surface area contributed by atoms with Crippen LogP contribution in [0.3, 0.4) is 0 Å². The zero-order valence-corrected chi connectivity index (χ0v) is 9.50. The largest absolute Gasteiger partial charge is 0.465 e. The first-order valence-corrected chi connectivity index (χ1v) is 4.83. The Labute approximate surface area is 110 Å². The minimum atomic E-state index is -6.26. The van der Waals surface area contributed by atoms with Gasteiger partial charge in [0.05, 0.1) is 0 Å². The third-order valence-corrected chi connectivity index (χ3v) is 2.15. The molecule has 1 aromatic rings. The highest BCUT2D eigenvalue weighted by molar-refractivity contribution is 5.78. The summed E-state index contributed by atoms with van der Waals surface area (Å²) < 4.78 is 115. The van der Waals surface area contributed by atoms with Gasteiger partial charge in [0.2, 0.25) is 0 Å². The third-order valence-electron chi connectivity index (χ3n) is 2.15. The summed E-state index contributed by atoms with van der Waals surface area (Å²) in [5.41, 5.74) is -1.25. The lowest BCUT2D eigenvalue weighted by Gasteiger charge is -2.17. The zero-order chi connectivity index (χ0) is 16.6. The van der Waals surface area contributed by atoms with Gasteiger partial charge in [-0.15, -0.1) is 0 Å². The maximum absolute atomic E-state index is 13.0. The van der Waals surface area contributed by atoms with E-state index in [0.717, 1.165) is 0 Å². The van der Waals surface area contributed by atoms with Crippen molar-refractivity contribution in [3.8, 4) is 0 Å². The standard InChI is InChI=1S/C10H3F9O2/c11-4-1-3(5(12)7(14)6(4)13)2-21-8(20)9(15,16)10(17,18)19/h1H,2H2. The predicted octanol–water partition coefficient (Wildman–Crippen LogP) is 3.48. The lowest BCUT2D eigenvalue weighted by Crippen LogP contribution is -2.45. The van der Waals surface area contributed by atoms with E-state index in [1.165, 1.54) is 0 Å². The van der Waals surface area contributed by atoms with Crippen LogP contribution in [0.1, 0.15) is 5.56 Å². The van der Waals surface area contributed by atoms with Gasteiger partial charge in [0.25, 0.3) is 0 Å². The van der Waals surface area contributed by atoms with Gasteiger partial charge >= 0.3 is 18.1 Å². The van der Waals surface area contributed by atoms with E-state index in [1.54, 1.807) is 0 Å². The Bertz CT molecular complexity index is 565.